The van der Waals surface area contributed by atoms with Crippen LogP contribution in [0.1, 0.15) is 22.9 Å². The van der Waals surface area contributed by atoms with E-state index in [0.717, 1.165) is 23.6 Å². The quantitative estimate of drug-likeness (QED) is 0.532. The van der Waals surface area contributed by atoms with E-state index in [1.54, 1.807) is 0 Å². The number of aromatic nitrogens is 2. The molecule has 0 fully saturated rings. The molecule has 2 aromatic carbocycles. The Hall–Kier alpha value is -1.25. The van der Waals surface area contributed by atoms with Crippen LogP contribution in [0.5, 0.6) is 0 Å². The van der Waals surface area contributed by atoms with Crippen molar-refractivity contribution in [1.29, 1.82) is 0 Å². The van der Waals surface area contributed by atoms with Gasteiger partial charge in [0.2, 0.25) is 0 Å². The molecule has 0 aliphatic carbocycles. The molecular formula is C19H18Cl2N2Se. The molecule has 2 nitrogen and oxygen atoms in total. The van der Waals surface area contributed by atoms with Crippen molar-refractivity contribution in [2.45, 2.75) is 24.7 Å². The third-order valence-electron chi connectivity index (χ3n) is 3.86. The van der Waals surface area contributed by atoms with E-state index in [1.807, 2.05) is 30.9 Å². The van der Waals surface area contributed by atoms with Crippen LogP contribution in [0.3, 0.4) is 0 Å². The third-order valence-corrected chi connectivity index (χ3v) is 7.00. The molecule has 3 aromatic rings. The summed E-state index contributed by atoms with van der Waals surface area (Å²) in [4.78, 5) is 4.47. The Morgan fingerprint density at radius 1 is 1.12 bits per heavy atom. The molecule has 0 saturated heterocycles. The molecule has 124 valence electrons. The monoisotopic (exact) mass is 424 g/mol. The number of imidazole rings is 1. The molecule has 1 unspecified atom stereocenters. The number of aryl methyl sites for hydroxylation is 1. The molecule has 5 heteroatoms. The Balaban J connectivity index is 1.88. The zero-order chi connectivity index (χ0) is 16.9. The van der Waals surface area contributed by atoms with Gasteiger partial charge in [0.15, 0.2) is 0 Å². The van der Waals surface area contributed by atoms with E-state index in [2.05, 4.69) is 46.8 Å². The molecule has 0 aliphatic heterocycles. The summed E-state index contributed by atoms with van der Waals surface area (Å²) in [6, 6.07) is 14.7. The molecule has 24 heavy (non-hydrogen) atoms. The van der Waals surface area contributed by atoms with E-state index < -0.39 is 0 Å². The van der Waals surface area contributed by atoms with Crippen LogP contribution in [0, 0.1) is 0 Å². The van der Waals surface area contributed by atoms with Crippen LogP contribution in [0.15, 0.2) is 61.2 Å². The second-order valence-electron chi connectivity index (χ2n) is 5.53. The summed E-state index contributed by atoms with van der Waals surface area (Å²) < 4.78 is 3.48. The second kappa shape index (κ2) is 8.22. The van der Waals surface area contributed by atoms with Crippen molar-refractivity contribution in [1.82, 2.24) is 9.55 Å². The standard InChI is InChI=1S/C19H18Cl2N2Se/c1-2-14-3-6-16(7-4-14)24-19(12-23-10-9-22-13-23)17-8-5-15(20)11-18(17)21/h3-11,13,19H,2,12H2,1H3. The molecule has 0 spiro atoms. The third kappa shape index (κ3) is 4.43. The Labute approximate surface area is 159 Å². The fourth-order valence-corrected chi connectivity index (χ4v) is 5.72. The molecule has 0 bridgehead atoms. The summed E-state index contributed by atoms with van der Waals surface area (Å²) in [5.74, 6) is 0. The first-order valence-corrected chi connectivity index (χ1v) is 10.4. The number of rotatable bonds is 6. The van der Waals surface area contributed by atoms with Gasteiger partial charge in [0, 0.05) is 0 Å². The Kier molecular flexibility index (Phi) is 6.02. The Morgan fingerprint density at radius 3 is 2.54 bits per heavy atom. The molecule has 0 radical (unpaired) electrons. The van der Waals surface area contributed by atoms with Crippen LogP contribution < -0.4 is 4.46 Å². The summed E-state index contributed by atoms with van der Waals surface area (Å²) >= 11 is 12.8. The van der Waals surface area contributed by atoms with Crippen LogP contribution >= 0.6 is 23.2 Å². The zero-order valence-corrected chi connectivity index (χ0v) is 16.5. The van der Waals surface area contributed by atoms with Gasteiger partial charge in [0.1, 0.15) is 0 Å². The van der Waals surface area contributed by atoms with Crippen LogP contribution in [-0.2, 0) is 13.0 Å². The van der Waals surface area contributed by atoms with Crippen LogP contribution in [0.25, 0.3) is 0 Å². The summed E-state index contributed by atoms with van der Waals surface area (Å²) in [5.41, 5.74) is 2.51. The normalized spacial score (nSPS) is 12.3. The number of benzene rings is 2. The maximum atomic E-state index is 6.48. The molecule has 1 atom stereocenters. The molecule has 0 saturated carbocycles. The van der Waals surface area contributed by atoms with Gasteiger partial charge < -0.3 is 0 Å². The van der Waals surface area contributed by atoms with Crippen molar-refractivity contribution in [3.63, 3.8) is 0 Å². The van der Waals surface area contributed by atoms with E-state index in [-0.39, 0.29) is 15.0 Å². The summed E-state index contributed by atoms with van der Waals surface area (Å²) in [6.07, 6.45) is 6.72. The first-order valence-electron chi connectivity index (χ1n) is 7.82. The van der Waals surface area contributed by atoms with Crippen LogP contribution in [0.2, 0.25) is 10.0 Å². The van der Waals surface area contributed by atoms with Gasteiger partial charge in [0.25, 0.3) is 0 Å². The van der Waals surface area contributed by atoms with E-state index in [4.69, 9.17) is 23.2 Å². The summed E-state index contributed by atoms with van der Waals surface area (Å²) in [6.45, 7) is 3.03. The first-order chi connectivity index (χ1) is 11.7. The van der Waals surface area contributed by atoms with Gasteiger partial charge in [-0.05, 0) is 0 Å². The van der Waals surface area contributed by atoms with E-state index in [0.29, 0.717) is 9.84 Å². The van der Waals surface area contributed by atoms with Crippen molar-refractivity contribution in [3.05, 3.63) is 82.4 Å². The van der Waals surface area contributed by atoms with Gasteiger partial charge in [-0.25, -0.2) is 0 Å². The SMILES string of the molecule is CCc1ccc([Se]C(Cn2ccnc2)c2ccc(Cl)cc2Cl)cc1. The molecule has 0 N–H and O–H groups in total. The zero-order valence-electron chi connectivity index (χ0n) is 13.3. The molecule has 0 aliphatic rings. The predicted molar refractivity (Wildman–Crippen MR) is 103 cm³/mol. The minimum absolute atomic E-state index is 0.258. The number of hydrogen-bond acceptors (Lipinski definition) is 1. The average molecular weight is 424 g/mol. The van der Waals surface area contributed by atoms with Crippen molar-refractivity contribution in [3.8, 4) is 0 Å². The topological polar surface area (TPSA) is 17.8 Å². The van der Waals surface area contributed by atoms with E-state index >= 15 is 0 Å². The van der Waals surface area contributed by atoms with Crippen molar-refractivity contribution in [2.75, 3.05) is 0 Å². The fourth-order valence-electron chi connectivity index (χ4n) is 2.52. The van der Waals surface area contributed by atoms with Crippen molar-refractivity contribution < 1.29 is 0 Å². The number of halogens is 2. The average Bonchev–Trinajstić information content (AvgIpc) is 3.08. The molecule has 3 rings (SSSR count). The Morgan fingerprint density at radius 2 is 1.92 bits per heavy atom. The van der Waals surface area contributed by atoms with Crippen LogP contribution in [-0.4, -0.2) is 24.5 Å². The minimum atomic E-state index is 0.258. The Bertz CT molecular complexity index is 786. The summed E-state index contributed by atoms with van der Waals surface area (Å²) in [5, 5.41) is 1.41. The second-order valence-corrected chi connectivity index (χ2v) is 9.05. The number of hydrogen-bond donors (Lipinski definition) is 0. The summed E-state index contributed by atoms with van der Waals surface area (Å²) in [7, 11) is 0. The van der Waals surface area contributed by atoms with Crippen molar-refractivity contribution >= 4 is 42.6 Å². The molecule has 1 heterocycles. The van der Waals surface area contributed by atoms with Gasteiger partial charge in [-0.1, -0.05) is 0 Å². The van der Waals surface area contributed by atoms with E-state index in [9.17, 15) is 0 Å². The maximum absolute atomic E-state index is 6.48. The fraction of sp³-hybridized carbons (Fsp3) is 0.211. The van der Waals surface area contributed by atoms with Gasteiger partial charge in [0.05, 0.1) is 0 Å². The predicted octanol–water partition coefficient (Wildman–Crippen LogP) is 4.52. The van der Waals surface area contributed by atoms with Gasteiger partial charge in [-0.3, -0.25) is 0 Å². The molecular weight excluding hydrogens is 406 g/mol. The van der Waals surface area contributed by atoms with Gasteiger partial charge in [-0.2, -0.15) is 0 Å². The number of nitrogens with zero attached hydrogens (tertiary/aromatic N) is 2. The van der Waals surface area contributed by atoms with Crippen molar-refractivity contribution in [2.24, 2.45) is 0 Å². The van der Waals surface area contributed by atoms with Gasteiger partial charge >= 0.3 is 159 Å². The van der Waals surface area contributed by atoms with Gasteiger partial charge in [-0.15, -0.1) is 0 Å². The van der Waals surface area contributed by atoms with E-state index in [1.165, 1.54) is 10.0 Å². The van der Waals surface area contributed by atoms with Crippen LogP contribution in [0.4, 0.5) is 0 Å². The molecule has 0 amide bonds. The first kappa shape index (κ1) is 17.6. The molecule has 1 aromatic heterocycles.